The maximum Gasteiger partial charge on any atom is 0.214 e. The molecule has 1 aliphatic rings. The lowest BCUT2D eigenvalue weighted by molar-refractivity contribution is 0.427. The van der Waals surface area contributed by atoms with Gasteiger partial charge < -0.3 is 0 Å². The number of hydrogen-bond donors (Lipinski definition) is 0. The van der Waals surface area contributed by atoms with Gasteiger partial charge in [0, 0.05) is 19.3 Å². The predicted molar refractivity (Wildman–Crippen MR) is 63.9 cm³/mol. The molecule has 1 aliphatic heterocycles. The Morgan fingerprint density at radius 1 is 1.47 bits per heavy atom. The van der Waals surface area contributed by atoms with Crippen molar-refractivity contribution in [1.29, 1.82) is 0 Å². The van der Waals surface area contributed by atoms with E-state index in [1.807, 2.05) is 6.92 Å². The van der Waals surface area contributed by atoms with Crippen LogP contribution >= 0.6 is 0 Å². The summed E-state index contributed by atoms with van der Waals surface area (Å²) in [5, 5.41) is 7.67. The van der Waals surface area contributed by atoms with Gasteiger partial charge in [-0.15, -0.1) is 5.10 Å². The number of aromatic nitrogens is 3. The normalized spacial score (nSPS) is 22.1. The molecule has 1 unspecified atom stereocenters. The Morgan fingerprint density at radius 3 is 2.94 bits per heavy atom. The Balaban J connectivity index is 1.98. The molecule has 2 rings (SSSR count). The molecule has 1 aromatic heterocycles. The minimum atomic E-state index is -3.07. The van der Waals surface area contributed by atoms with Crippen molar-refractivity contribution < 1.29 is 8.42 Å². The molecule has 7 heteroatoms. The van der Waals surface area contributed by atoms with E-state index in [9.17, 15) is 8.42 Å². The maximum atomic E-state index is 12.0. The third kappa shape index (κ3) is 2.84. The molecule has 0 aliphatic carbocycles. The molecule has 17 heavy (non-hydrogen) atoms. The number of nitrogens with zero attached hydrogens (tertiary/aromatic N) is 4. The van der Waals surface area contributed by atoms with Gasteiger partial charge in [-0.3, -0.25) is 0 Å². The van der Waals surface area contributed by atoms with Crippen molar-refractivity contribution in [2.75, 3.05) is 18.8 Å². The highest BCUT2D eigenvalue weighted by molar-refractivity contribution is 7.89. The predicted octanol–water partition coefficient (Wildman–Crippen LogP) is 0.655. The molecule has 0 spiro atoms. The van der Waals surface area contributed by atoms with Crippen LogP contribution in [0.15, 0.2) is 12.4 Å². The van der Waals surface area contributed by atoms with Gasteiger partial charge in [0.25, 0.3) is 0 Å². The van der Waals surface area contributed by atoms with Crippen LogP contribution in [0, 0.1) is 0 Å². The lowest BCUT2D eigenvalue weighted by Gasteiger charge is -2.16. The number of hydrogen-bond acceptors (Lipinski definition) is 4. The summed E-state index contributed by atoms with van der Waals surface area (Å²) in [6.07, 6.45) is 5.85. The molecule has 0 amide bonds. The fourth-order valence-electron chi connectivity index (χ4n) is 2.05. The highest BCUT2D eigenvalue weighted by Crippen LogP contribution is 2.23. The first kappa shape index (κ1) is 12.5. The number of unbranched alkanes of at least 4 members (excludes halogenated alkanes) is 1. The summed E-state index contributed by atoms with van der Waals surface area (Å²) < 4.78 is 27.3. The molecule has 6 nitrogen and oxygen atoms in total. The second kappa shape index (κ2) is 5.14. The van der Waals surface area contributed by atoms with Crippen molar-refractivity contribution in [2.24, 2.45) is 0 Å². The molecule has 1 atom stereocenters. The minimum Gasteiger partial charge on any atom is -0.248 e. The molecule has 0 radical (unpaired) electrons. The summed E-state index contributed by atoms with van der Waals surface area (Å²) in [5.41, 5.74) is 0. The van der Waals surface area contributed by atoms with Crippen LogP contribution < -0.4 is 0 Å². The molecule has 0 aromatic carbocycles. The van der Waals surface area contributed by atoms with Gasteiger partial charge in [-0.1, -0.05) is 18.6 Å². The van der Waals surface area contributed by atoms with Crippen LogP contribution in [0.3, 0.4) is 0 Å². The van der Waals surface area contributed by atoms with Crippen molar-refractivity contribution in [1.82, 2.24) is 19.3 Å². The summed E-state index contributed by atoms with van der Waals surface area (Å²) in [7, 11) is -3.07. The Labute approximate surface area is 102 Å². The van der Waals surface area contributed by atoms with Gasteiger partial charge in [0.15, 0.2) is 0 Å². The molecule has 1 aromatic rings. The van der Waals surface area contributed by atoms with Gasteiger partial charge >= 0.3 is 0 Å². The van der Waals surface area contributed by atoms with Gasteiger partial charge in [0.2, 0.25) is 10.0 Å². The maximum absolute atomic E-state index is 12.0. The van der Waals surface area contributed by atoms with Crippen molar-refractivity contribution in [2.45, 2.75) is 32.2 Å². The summed E-state index contributed by atoms with van der Waals surface area (Å²) in [5.74, 6) is 0.258. The fraction of sp³-hybridized carbons (Fsp3) is 0.800. The van der Waals surface area contributed by atoms with Crippen LogP contribution in [0.2, 0.25) is 0 Å². The molecular formula is C10H18N4O2S. The molecule has 0 N–H and O–H groups in total. The lowest BCUT2D eigenvalue weighted by Crippen LogP contribution is -2.31. The van der Waals surface area contributed by atoms with Crippen LogP contribution in [0.5, 0.6) is 0 Å². The molecule has 0 bridgehead atoms. The highest BCUT2D eigenvalue weighted by atomic mass is 32.2. The minimum absolute atomic E-state index is 0.133. The standard InChI is InChI=1S/C10H18N4O2S/c1-2-3-8-17(15,16)13-6-4-10(9-13)14-7-5-11-12-14/h5,7,10H,2-4,6,8-9H2,1H3. The van der Waals surface area contributed by atoms with Crippen molar-refractivity contribution in [3.8, 4) is 0 Å². The van der Waals surface area contributed by atoms with Crippen LogP contribution in [-0.2, 0) is 10.0 Å². The van der Waals surface area contributed by atoms with Gasteiger partial charge in [0.1, 0.15) is 0 Å². The average Bonchev–Trinajstić information content (AvgIpc) is 2.95. The van der Waals surface area contributed by atoms with E-state index in [2.05, 4.69) is 10.3 Å². The summed E-state index contributed by atoms with van der Waals surface area (Å²) >= 11 is 0. The topological polar surface area (TPSA) is 68.1 Å². The largest absolute Gasteiger partial charge is 0.248 e. The third-order valence-electron chi connectivity index (χ3n) is 3.09. The first-order valence-corrected chi connectivity index (χ1v) is 7.58. The van der Waals surface area contributed by atoms with Crippen molar-refractivity contribution >= 4 is 10.0 Å². The van der Waals surface area contributed by atoms with Crippen molar-refractivity contribution in [3.05, 3.63) is 12.4 Å². The molecule has 1 saturated heterocycles. The first-order valence-electron chi connectivity index (χ1n) is 5.97. The van der Waals surface area contributed by atoms with E-state index in [1.54, 1.807) is 21.4 Å². The van der Waals surface area contributed by atoms with E-state index in [1.165, 1.54) is 0 Å². The van der Waals surface area contributed by atoms with Crippen molar-refractivity contribution in [3.63, 3.8) is 0 Å². The van der Waals surface area contributed by atoms with Crippen LogP contribution in [0.1, 0.15) is 32.2 Å². The number of sulfonamides is 1. The average molecular weight is 258 g/mol. The van der Waals surface area contributed by atoms with E-state index in [0.717, 1.165) is 19.3 Å². The second-order valence-electron chi connectivity index (χ2n) is 4.35. The van der Waals surface area contributed by atoms with Crippen LogP contribution in [0.4, 0.5) is 0 Å². The molecular weight excluding hydrogens is 240 g/mol. The zero-order chi connectivity index (χ0) is 12.3. The van der Waals surface area contributed by atoms with Gasteiger partial charge in [0.05, 0.1) is 18.0 Å². The Kier molecular flexibility index (Phi) is 3.78. The van der Waals surface area contributed by atoms with Crippen LogP contribution in [-0.4, -0.2) is 46.6 Å². The fourth-order valence-corrected chi connectivity index (χ4v) is 3.74. The van der Waals surface area contributed by atoms with E-state index in [4.69, 9.17) is 0 Å². The Hall–Kier alpha value is -0.950. The third-order valence-corrected chi connectivity index (χ3v) is 5.01. The molecule has 96 valence electrons. The zero-order valence-corrected chi connectivity index (χ0v) is 10.8. The Bertz CT molecular complexity index is 443. The quantitative estimate of drug-likeness (QED) is 0.778. The molecule has 0 saturated carbocycles. The van der Waals surface area contributed by atoms with Gasteiger partial charge in [-0.2, -0.15) is 4.31 Å². The van der Waals surface area contributed by atoms with Crippen LogP contribution in [0.25, 0.3) is 0 Å². The SMILES string of the molecule is CCCCS(=O)(=O)N1CCC(n2ccnn2)C1. The van der Waals surface area contributed by atoms with E-state index in [-0.39, 0.29) is 11.8 Å². The molecule has 1 fully saturated rings. The second-order valence-corrected chi connectivity index (χ2v) is 6.44. The highest BCUT2D eigenvalue weighted by Gasteiger charge is 2.31. The Morgan fingerprint density at radius 2 is 2.29 bits per heavy atom. The summed E-state index contributed by atoms with van der Waals surface area (Å²) in [6, 6.07) is 0.133. The van der Waals surface area contributed by atoms with E-state index in [0.29, 0.717) is 13.1 Å². The molecule has 2 heterocycles. The zero-order valence-electron chi connectivity index (χ0n) is 9.99. The van der Waals surface area contributed by atoms with E-state index >= 15 is 0 Å². The monoisotopic (exact) mass is 258 g/mol. The first-order chi connectivity index (χ1) is 8.13. The lowest BCUT2D eigenvalue weighted by atomic mass is 10.3. The van der Waals surface area contributed by atoms with Gasteiger partial charge in [-0.05, 0) is 12.8 Å². The summed E-state index contributed by atoms with van der Waals surface area (Å²) in [4.78, 5) is 0. The van der Waals surface area contributed by atoms with Gasteiger partial charge in [-0.25, -0.2) is 13.1 Å². The smallest absolute Gasteiger partial charge is 0.214 e. The van der Waals surface area contributed by atoms with E-state index < -0.39 is 10.0 Å². The number of rotatable bonds is 5. The summed E-state index contributed by atoms with van der Waals surface area (Å²) in [6.45, 7) is 3.11.